The van der Waals surface area contributed by atoms with Crippen molar-refractivity contribution in [1.82, 2.24) is 50.9 Å². The van der Waals surface area contributed by atoms with E-state index in [0.29, 0.717) is 118 Å². The number of rotatable bonds is 29. The van der Waals surface area contributed by atoms with E-state index in [1.54, 1.807) is 23.1 Å². The zero-order valence-electron chi connectivity index (χ0n) is 67.3. The van der Waals surface area contributed by atoms with Crippen LogP contribution < -0.4 is 48.5 Å². The minimum atomic E-state index is -3.76. The molecule has 14 rings (SSSR count). The number of halogens is 2. The minimum Gasteiger partial charge on any atom is -0.370 e. The molecular formula is C94H112Cl2N14O7S. The Morgan fingerprint density at radius 1 is 0.492 bits per heavy atom. The fourth-order valence-corrected chi connectivity index (χ4v) is 18.0. The summed E-state index contributed by atoms with van der Waals surface area (Å²) in [5, 5.41) is 23.9. The third-order valence-electron chi connectivity index (χ3n) is 22.9. The van der Waals surface area contributed by atoms with Gasteiger partial charge in [0.1, 0.15) is 0 Å². The number of nitrogens with one attached hydrogen (secondary N) is 6. The Balaban J connectivity index is 0.000000164. The summed E-state index contributed by atoms with van der Waals surface area (Å²) in [4.78, 5) is 79.6. The Kier molecular flexibility index (Phi) is 32.2. The molecule has 4 heterocycles. The van der Waals surface area contributed by atoms with E-state index in [0.717, 1.165) is 94.4 Å². The minimum absolute atomic E-state index is 0.00778. The predicted molar refractivity (Wildman–Crippen MR) is 475 cm³/mol. The number of amides is 5. The summed E-state index contributed by atoms with van der Waals surface area (Å²) >= 11 is 12.3. The van der Waals surface area contributed by atoms with Gasteiger partial charge in [-0.1, -0.05) is 219 Å². The van der Waals surface area contributed by atoms with Crippen molar-refractivity contribution in [3.63, 3.8) is 0 Å². The molecule has 12 N–H and O–H groups in total. The van der Waals surface area contributed by atoms with Crippen molar-refractivity contribution in [2.75, 3.05) is 85.1 Å². The van der Waals surface area contributed by atoms with Crippen LogP contribution in [0.3, 0.4) is 0 Å². The monoisotopic (exact) mass is 1650 g/mol. The van der Waals surface area contributed by atoms with E-state index in [4.69, 9.17) is 40.4 Å². The number of nitrogens with zero attached hydrogens (tertiary/aromatic N) is 5. The molecule has 0 radical (unpaired) electrons. The SMILES string of the molecule is CC[C@@H](CN1CC[C@@H](CNC(=O)c2ccc3ccccc3c2)N[C@@H](CCN2CCCCC2)C1=O)c1ccccc1.NC(N)=NCCC[C@@H]1N[C@H](CNS(=O)(=O)c2ccc3ccccc3c2)CCN(CC(c2ccccc2)c2ccccc2)C1=O.NCC[C@@H]1N[C@H](CNC(=O)c2ccc3ccccc3c2)CCN(Cc2cc(Cl)cc(Cl)c2)C1=O. The van der Waals surface area contributed by atoms with Gasteiger partial charge in [0, 0.05) is 123 Å². The Morgan fingerprint density at radius 2 is 0.932 bits per heavy atom. The number of guanidine groups is 1. The summed E-state index contributed by atoms with van der Waals surface area (Å²) in [6, 6.07) is 75.2. The van der Waals surface area contributed by atoms with E-state index in [1.807, 2.05) is 169 Å². The molecule has 4 aliphatic heterocycles. The highest BCUT2D eigenvalue weighted by Gasteiger charge is 2.36. The smallest absolute Gasteiger partial charge is 0.251 e. The van der Waals surface area contributed by atoms with Crippen LogP contribution in [0.1, 0.15) is 132 Å². The van der Waals surface area contributed by atoms with Crippen LogP contribution in [-0.2, 0) is 31.0 Å². The first kappa shape index (κ1) is 87.2. The topological polar surface area (TPSA) is 295 Å². The summed E-state index contributed by atoms with van der Waals surface area (Å²) < 4.78 is 29.4. The molecule has 21 nitrogen and oxygen atoms in total. The summed E-state index contributed by atoms with van der Waals surface area (Å²) in [6.07, 6.45) is 9.32. The number of aliphatic imine (C=N–C) groups is 1. The van der Waals surface area contributed by atoms with Crippen molar-refractivity contribution in [3.8, 4) is 0 Å². The first-order valence-corrected chi connectivity index (χ1v) is 43.8. The quantitative estimate of drug-likeness (QED) is 0.0120. The summed E-state index contributed by atoms with van der Waals surface area (Å²) in [7, 11) is -3.76. The van der Waals surface area contributed by atoms with Gasteiger partial charge < -0.3 is 63.4 Å². The van der Waals surface area contributed by atoms with E-state index in [1.165, 1.54) is 24.8 Å². The molecular weight excluding hydrogens is 1540 g/mol. The number of likely N-dealkylation sites (tertiary alicyclic amines) is 1. The maximum absolute atomic E-state index is 14.0. The van der Waals surface area contributed by atoms with Gasteiger partial charge in [0.25, 0.3) is 11.8 Å². The maximum atomic E-state index is 14.0. The van der Waals surface area contributed by atoms with E-state index in [-0.39, 0.29) is 77.0 Å². The molecule has 4 aliphatic rings. The molecule has 7 atom stereocenters. The highest BCUT2D eigenvalue weighted by molar-refractivity contribution is 7.89. The van der Waals surface area contributed by atoms with Crippen molar-refractivity contribution < 1.29 is 32.4 Å². The van der Waals surface area contributed by atoms with Crippen LogP contribution in [0.5, 0.6) is 0 Å². The van der Waals surface area contributed by atoms with Crippen LogP contribution in [0.4, 0.5) is 0 Å². The van der Waals surface area contributed by atoms with Gasteiger partial charge >= 0.3 is 0 Å². The first-order valence-electron chi connectivity index (χ1n) is 41.6. The average molecular weight is 1650 g/mol. The fraction of sp³-hybridized carbons (Fsp3) is 0.362. The second-order valence-electron chi connectivity index (χ2n) is 31.2. The van der Waals surface area contributed by atoms with E-state index in [9.17, 15) is 32.4 Å². The molecule has 10 aromatic rings. The number of benzene rings is 10. The number of sulfonamides is 1. The summed E-state index contributed by atoms with van der Waals surface area (Å²) in [6.45, 7) is 10.7. The molecule has 0 spiro atoms. The Morgan fingerprint density at radius 3 is 1.44 bits per heavy atom. The highest BCUT2D eigenvalue weighted by Crippen LogP contribution is 2.30. The number of fused-ring (bicyclic) bond motifs is 3. The van der Waals surface area contributed by atoms with Gasteiger partial charge in [-0.3, -0.25) is 29.0 Å². The van der Waals surface area contributed by atoms with Crippen LogP contribution in [0, 0.1) is 0 Å². The van der Waals surface area contributed by atoms with Crippen molar-refractivity contribution >= 4 is 101 Å². The molecule has 24 heteroatoms. The Bertz CT molecular complexity index is 5060. The average Bonchev–Trinajstić information content (AvgIpc) is 1.000. The van der Waals surface area contributed by atoms with Gasteiger partial charge in [-0.05, 0) is 193 Å². The number of hydrogen-bond donors (Lipinski definition) is 9. The largest absolute Gasteiger partial charge is 0.370 e. The highest BCUT2D eigenvalue weighted by atomic mass is 35.5. The molecule has 0 aliphatic carbocycles. The van der Waals surface area contributed by atoms with E-state index >= 15 is 0 Å². The lowest BCUT2D eigenvalue weighted by atomic mass is 9.90. The molecule has 4 fully saturated rings. The Labute approximate surface area is 704 Å². The number of carbonyl (C=O) groups is 5. The lowest BCUT2D eigenvalue weighted by Gasteiger charge is -2.31. The van der Waals surface area contributed by atoms with Crippen LogP contribution >= 0.6 is 23.2 Å². The molecule has 5 amide bonds. The second kappa shape index (κ2) is 43.6. The molecule has 0 bridgehead atoms. The zero-order chi connectivity index (χ0) is 82.8. The molecule has 118 heavy (non-hydrogen) atoms. The second-order valence-corrected chi connectivity index (χ2v) is 33.9. The van der Waals surface area contributed by atoms with Crippen molar-refractivity contribution in [2.45, 2.75) is 137 Å². The molecule has 0 unspecified atom stereocenters. The van der Waals surface area contributed by atoms with E-state index in [2.05, 4.69) is 108 Å². The van der Waals surface area contributed by atoms with Crippen LogP contribution in [0.25, 0.3) is 32.3 Å². The van der Waals surface area contributed by atoms with Crippen molar-refractivity contribution in [1.29, 1.82) is 0 Å². The summed E-state index contributed by atoms with van der Waals surface area (Å²) in [5.41, 5.74) is 22.5. The van der Waals surface area contributed by atoms with E-state index < -0.39 is 22.1 Å². The van der Waals surface area contributed by atoms with Crippen LogP contribution in [0.15, 0.2) is 246 Å². The predicted octanol–water partition coefficient (Wildman–Crippen LogP) is 12.7. The van der Waals surface area contributed by atoms with Crippen molar-refractivity contribution in [3.05, 3.63) is 280 Å². The molecule has 620 valence electrons. The lowest BCUT2D eigenvalue weighted by molar-refractivity contribution is -0.134. The summed E-state index contributed by atoms with van der Waals surface area (Å²) in [5.74, 6) is 0.306. The molecule has 4 saturated heterocycles. The maximum Gasteiger partial charge on any atom is 0.251 e. The van der Waals surface area contributed by atoms with Gasteiger partial charge in [-0.2, -0.15) is 0 Å². The van der Waals surface area contributed by atoms with Crippen LogP contribution in [-0.4, -0.2) is 185 Å². The molecule has 10 aromatic carbocycles. The van der Waals surface area contributed by atoms with Gasteiger partial charge in [0.05, 0.1) is 23.0 Å². The lowest BCUT2D eigenvalue weighted by Crippen LogP contribution is -2.50. The fourth-order valence-electron chi connectivity index (χ4n) is 16.3. The number of nitrogens with two attached hydrogens (primary N) is 3. The number of carbonyl (C=O) groups excluding carboxylic acids is 5. The molecule has 0 saturated carbocycles. The van der Waals surface area contributed by atoms with Gasteiger partial charge in [-0.15, -0.1) is 0 Å². The van der Waals surface area contributed by atoms with Gasteiger partial charge in [-0.25, -0.2) is 13.1 Å². The van der Waals surface area contributed by atoms with Crippen LogP contribution in [0.2, 0.25) is 10.0 Å². The number of hydrogen-bond acceptors (Lipinski definition) is 13. The zero-order valence-corrected chi connectivity index (χ0v) is 69.6. The third-order valence-corrected chi connectivity index (χ3v) is 24.7. The van der Waals surface area contributed by atoms with Crippen molar-refractivity contribution in [2.24, 2.45) is 22.2 Å². The van der Waals surface area contributed by atoms with Gasteiger partial charge in [0.2, 0.25) is 27.7 Å². The molecule has 0 aromatic heterocycles. The normalized spacial score (nSPS) is 19.1. The third kappa shape index (κ3) is 25.0. The first-order chi connectivity index (χ1) is 57.3. The Hall–Kier alpha value is -10.1. The van der Waals surface area contributed by atoms with Gasteiger partial charge in [0.15, 0.2) is 5.96 Å². The standard InChI is InChI=1S/C34H40N6O3S.C34H44N4O2.C26H28Cl2N4O2/c35-34(36)37-20-9-16-32-33(41)40(24-31(26-11-3-1-4-12-26)27-13-5-2-6-14-27)21-19-29(39-32)23-38-44(42,43)30-18-17-25-10-7-8-15-28(25)22-30;1-2-26(27-11-5-3-6-12-27)25-38-22-17-31(36-32(34(38)40)18-21-37-19-9-4-10-20-37)24-35-33(39)30-16-15-28-13-7-8-14-29(28)23-30;27-21-11-17(12-22(28)14-21)16-32-10-8-23(31-24(7-9-29)26(32)34)15-30-25(33)20-6-5-18-3-1-2-4-19(18)13-20/h1-8,10-15,17-18,22,29,31-32,38-39H,9,16,19-21,23-24H2,(H4,35,36,37);3,5-8,11-16,23,26,31-32,36H,2,4,9-10,17-22,24-25H2,1H3,(H,35,39);1-6,11-14,23-24,31H,7-10,15-16,29H2,(H,30,33)/t29-,32-;26-,31-,32-;23-,24-/m000/s1. The number of piperidine rings is 1.